The van der Waals surface area contributed by atoms with Crippen molar-refractivity contribution in [1.82, 2.24) is 14.6 Å². The summed E-state index contributed by atoms with van der Waals surface area (Å²) in [6.45, 7) is 0.234. The molecule has 0 saturated heterocycles. The Labute approximate surface area is 114 Å². The van der Waals surface area contributed by atoms with Crippen LogP contribution in [0.3, 0.4) is 0 Å². The van der Waals surface area contributed by atoms with Crippen LogP contribution in [-0.2, 0) is 6.54 Å². The van der Waals surface area contributed by atoms with Gasteiger partial charge >= 0.3 is 6.09 Å². The van der Waals surface area contributed by atoms with Crippen molar-refractivity contribution < 1.29 is 9.90 Å². The van der Waals surface area contributed by atoms with E-state index in [2.05, 4.69) is 9.97 Å². The highest BCUT2D eigenvalue weighted by atomic mass is 16.4. The van der Waals surface area contributed by atoms with Crippen LogP contribution in [-0.4, -0.2) is 25.8 Å². The average molecular weight is 268 g/mol. The number of rotatable bonds is 3. The van der Waals surface area contributed by atoms with Crippen LogP contribution in [0.15, 0.2) is 55.0 Å². The van der Waals surface area contributed by atoms with Crippen LogP contribution < -0.4 is 5.01 Å². The lowest BCUT2D eigenvalue weighted by atomic mass is 10.2. The zero-order valence-corrected chi connectivity index (χ0v) is 10.5. The van der Waals surface area contributed by atoms with Crippen molar-refractivity contribution in [3.8, 4) is 0 Å². The Kier molecular flexibility index (Phi) is 3.04. The molecule has 6 nitrogen and oxygen atoms in total. The number of imidazole rings is 1. The number of hydrogen-bond donors (Lipinski definition) is 1. The van der Waals surface area contributed by atoms with Gasteiger partial charge in [-0.15, -0.1) is 0 Å². The number of amides is 1. The lowest BCUT2D eigenvalue weighted by Gasteiger charge is -2.20. The van der Waals surface area contributed by atoms with Crippen LogP contribution in [0.4, 0.5) is 4.79 Å². The van der Waals surface area contributed by atoms with Crippen LogP contribution in [0.2, 0.25) is 0 Å². The van der Waals surface area contributed by atoms with E-state index in [1.54, 1.807) is 18.3 Å². The number of aromatic nitrogens is 3. The van der Waals surface area contributed by atoms with Gasteiger partial charge in [0, 0.05) is 6.20 Å². The zero-order chi connectivity index (χ0) is 13.9. The molecule has 0 aliphatic rings. The smallest absolute Gasteiger partial charge is 0.427 e. The topological polar surface area (TPSA) is 71.2 Å². The summed E-state index contributed by atoms with van der Waals surface area (Å²) in [6, 6.07) is 13.0. The predicted molar refractivity (Wildman–Crippen MR) is 73.9 cm³/mol. The molecule has 1 aromatic carbocycles. The minimum Gasteiger partial charge on any atom is -0.464 e. The standard InChI is InChI=1S/C14H12N4O2/c19-14(20)17(9-11-5-2-1-3-6-11)18-10-16-12-7-4-8-15-13(12)18/h1-8,10H,9H2,(H,19,20). The fourth-order valence-corrected chi connectivity index (χ4v) is 2.01. The molecule has 1 amide bonds. The molecule has 2 aromatic heterocycles. The lowest BCUT2D eigenvalue weighted by molar-refractivity contribution is 0.194. The second kappa shape index (κ2) is 5.00. The van der Waals surface area contributed by atoms with Crippen molar-refractivity contribution in [2.24, 2.45) is 0 Å². The number of pyridine rings is 1. The van der Waals surface area contributed by atoms with E-state index < -0.39 is 6.09 Å². The fraction of sp³-hybridized carbons (Fsp3) is 0.0714. The number of fused-ring (bicyclic) bond motifs is 1. The van der Waals surface area contributed by atoms with Gasteiger partial charge in [0.1, 0.15) is 11.8 Å². The minimum atomic E-state index is -1.06. The second-order valence-corrected chi connectivity index (χ2v) is 4.26. The number of carboxylic acid groups (broad SMARTS) is 1. The van der Waals surface area contributed by atoms with E-state index in [9.17, 15) is 9.90 Å². The lowest BCUT2D eigenvalue weighted by Crippen LogP contribution is -2.38. The number of carbonyl (C=O) groups is 1. The average Bonchev–Trinajstić information content (AvgIpc) is 2.89. The first-order chi connectivity index (χ1) is 9.75. The SMILES string of the molecule is O=C(O)N(Cc1ccccc1)n1cnc2cccnc21. The Morgan fingerprint density at radius 2 is 1.95 bits per heavy atom. The highest BCUT2D eigenvalue weighted by molar-refractivity contribution is 5.80. The van der Waals surface area contributed by atoms with Crippen molar-refractivity contribution in [3.63, 3.8) is 0 Å². The van der Waals surface area contributed by atoms with Gasteiger partial charge in [-0.1, -0.05) is 30.3 Å². The van der Waals surface area contributed by atoms with Gasteiger partial charge in [0.25, 0.3) is 0 Å². The Morgan fingerprint density at radius 3 is 2.70 bits per heavy atom. The molecule has 0 radical (unpaired) electrons. The summed E-state index contributed by atoms with van der Waals surface area (Å²) in [5, 5.41) is 10.6. The Balaban J connectivity index is 2.01. The summed E-state index contributed by atoms with van der Waals surface area (Å²) in [4.78, 5) is 19.8. The third-order valence-electron chi connectivity index (χ3n) is 2.95. The maximum Gasteiger partial charge on any atom is 0.427 e. The molecule has 0 aliphatic heterocycles. The first kappa shape index (κ1) is 12.2. The first-order valence-electron chi connectivity index (χ1n) is 6.08. The van der Waals surface area contributed by atoms with E-state index in [1.165, 1.54) is 16.0 Å². The molecule has 0 aliphatic carbocycles. The quantitative estimate of drug-likeness (QED) is 0.790. The van der Waals surface area contributed by atoms with Crippen molar-refractivity contribution >= 4 is 17.3 Å². The van der Waals surface area contributed by atoms with Crippen LogP contribution in [0.1, 0.15) is 5.56 Å². The van der Waals surface area contributed by atoms with E-state index in [0.29, 0.717) is 11.2 Å². The Hall–Kier alpha value is -2.89. The summed E-state index contributed by atoms with van der Waals surface area (Å²) in [5.41, 5.74) is 2.07. The molecule has 0 fully saturated rings. The van der Waals surface area contributed by atoms with E-state index in [4.69, 9.17) is 0 Å². The van der Waals surface area contributed by atoms with Gasteiger partial charge in [0.05, 0.1) is 6.54 Å². The number of nitrogens with zero attached hydrogens (tertiary/aromatic N) is 4. The summed E-state index contributed by atoms with van der Waals surface area (Å²) < 4.78 is 1.45. The van der Waals surface area contributed by atoms with Crippen LogP contribution in [0.5, 0.6) is 0 Å². The van der Waals surface area contributed by atoms with Gasteiger partial charge in [-0.05, 0) is 17.7 Å². The fourth-order valence-electron chi connectivity index (χ4n) is 2.01. The third kappa shape index (κ3) is 2.18. The molecule has 2 heterocycles. The van der Waals surface area contributed by atoms with Crippen LogP contribution in [0.25, 0.3) is 11.2 Å². The van der Waals surface area contributed by atoms with Gasteiger partial charge in [0.15, 0.2) is 5.65 Å². The van der Waals surface area contributed by atoms with Gasteiger partial charge in [0.2, 0.25) is 0 Å². The van der Waals surface area contributed by atoms with Gasteiger partial charge in [-0.3, -0.25) is 0 Å². The number of hydrogen-bond acceptors (Lipinski definition) is 3. The van der Waals surface area contributed by atoms with E-state index in [0.717, 1.165) is 5.56 Å². The van der Waals surface area contributed by atoms with Crippen molar-refractivity contribution in [3.05, 3.63) is 60.6 Å². The van der Waals surface area contributed by atoms with Crippen LogP contribution >= 0.6 is 0 Å². The van der Waals surface area contributed by atoms with Gasteiger partial charge in [-0.2, -0.15) is 0 Å². The van der Waals surface area contributed by atoms with E-state index in [1.807, 2.05) is 30.3 Å². The molecular weight excluding hydrogens is 256 g/mol. The van der Waals surface area contributed by atoms with E-state index >= 15 is 0 Å². The molecule has 20 heavy (non-hydrogen) atoms. The number of benzene rings is 1. The monoisotopic (exact) mass is 268 g/mol. The van der Waals surface area contributed by atoms with Gasteiger partial charge < -0.3 is 5.11 Å². The molecule has 3 aromatic rings. The van der Waals surface area contributed by atoms with Crippen LogP contribution in [0, 0.1) is 0 Å². The molecule has 0 atom stereocenters. The molecule has 1 N–H and O–H groups in total. The minimum absolute atomic E-state index is 0.234. The molecule has 100 valence electrons. The predicted octanol–water partition coefficient (Wildman–Crippen LogP) is 2.25. The molecule has 6 heteroatoms. The molecule has 0 spiro atoms. The maximum absolute atomic E-state index is 11.5. The van der Waals surface area contributed by atoms with Crippen molar-refractivity contribution in [1.29, 1.82) is 0 Å². The molecule has 0 bridgehead atoms. The van der Waals surface area contributed by atoms with Gasteiger partial charge in [-0.25, -0.2) is 24.4 Å². The summed E-state index contributed by atoms with van der Waals surface area (Å²) in [5.74, 6) is 0. The summed E-state index contributed by atoms with van der Waals surface area (Å²) in [7, 11) is 0. The largest absolute Gasteiger partial charge is 0.464 e. The highest BCUT2D eigenvalue weighted by Crippen LogP contribution is 2.12. The van der Waals surface area contributed by atoms with Crippen molar-refractivity contribution in [2.75, 3.05) is 5.01 Å². The maximum atomic E-state index is 11.5. The molecular formula is C14H12N4O2. The molecule has 3 rings (SSSR count). The normalized spacial score (nSPS) is 10.6. The first-order valence-corrected chi connectivity index (χ1v) is 6.08. The zero-order valence-electron chi connectivity index (χ0n) is 10.5. The summed E-state index contributed by atoms with van der Waals surface area (Å²) >= 11 is 0. The van der Waals surface area contributed by atoms with Crippen molar-refractivity contribution in [2.45, 2.75) is 6.54 Å². The second-order valence-electron chi connectivity index (χ2n) is 4.26. The Bertz CT molecular complexity index is 739. The highest BCUT2D eigenvalue weighted by Gasteiger charge is 2.17. The third-order valence-corrected chi connectivity index (χ3v) is 2.95. The summed E-state index contributed by atoms with van der Waals surface area (Å²) in [6.07, 6.45) is 2.02. The Morgan fingerprint density at radius 1 is 1.15 bits per heavy atom. The molecule has 0 unspecified atom stereocenters. The molecule has 0 saturated carbocycles. The van der Waals surface area contributed by atoms with E-state index in [-0.39, 0.29) is 6.54 Å².